The first-order valence-corrected chi connectivity index (χ1v) is 22.1. The molecule has 1 aromatic heterocycles. The van der Waals surface area contributed by atoms with Gasteiger partial charge in [-0.1, -0.05) is 0 Å². The predicted octanol–water partition coefficient (Wildman–Crippen LogP) is 7.59. The van der Waals surface area contributed by atoms with Gasteiger partial charge in [-0.25, -0.2) is 0 Å². The van der Waals surface area contributed by atoms with Gasteiger partial charge in [-0.05, 0) is 0 Å². The molecular formula is C23H38Cl2NSiZr. The summed E-state index contributed by atoms with van der Waals surface area (Å²) in [6, 6.07) is 11.4. The fourth-order valence-corrected chi connectivity index (χ4v) is 69.9. The minimum Gasteiger partial charge on any atom is -0.147 e. The number of aromatic amines is 1. The summed E-state index contributed by atoms with van der Waals surface area (Å²) < 4.78 is 4.01. The monoisotopic (exact) mass is 516 g/mol. The van der Waals surface area contributed by atoms with Crippen molar-refractivity contribution < 1.29 is 17.9 Å². The van der Waals surface area contributed by atoms with Crippen LogP contribution in [0.15, 0.2) is 51.8 Å². The Kier molecular flexibility index (Phi) is 7.62. The van der Waals surface area contributed by atoms with Gasteiger partial charge in [-0.2, -0.15) is 0 Å². The summed E-state index contributed by atoms with van der Waals surface area (Å²) in [5.74, 6) is -1.07. The number of fused-ring (bicyclic) bond motifs is 1. The molecule has 1 aromatic carbocycles. The number of para-hydroxylation sites is 1. The maximum absolute atomic E-state index is 4.01. The third kappa shape index (κ3) is 2.95. The average Bonchev–Trinajstić information content (AvgIpc) is 3.14. The van der Waals surface area contributed by atoms with Crippen LogP contribution in [-0.4, -0.2) is 10.9 Å². The van der Waals surface area contributed by atoms with E-state index in [9.17, 15) is 0 Å². The molecule has 2 aromatic rings. The van der Waals surface area contributed by atoms with Crippen molar-refractivity contribution in [3.63, 3.8) is 0 Å². The van der Waals surface area contributed by atoms with Gasteiger partial charge in [0.2, 0.25) is 0 Å². The summed E-state index contributed by atoms with van der Waals surface area (Å²) in [6.07, 6.45) is 8.37. The van der Waals surface area contributed by atoms with E-state index >= 15 is 0 Å². The van der Waals surface area contributed by atoms with Gasteiger partial charge in [-0.15, -0.1) is 24.8 Å². The number of nitrogens with one attached hydrogen (secondary N) is 1. The van der Waals surface area contributed by atoms with E-state index < -0.39 is 23.9 Å². The Balaban J connectivity index is 0.00000196. The fourth-order valence-electron chi connectivity index (χ4n) is 7.67. The van der Waals surface area contributed by atoms with Crippen LogP contribution in [0.3, 0.4) is 0 Å². The Morgan fingerprint density at radius 2 is 1.50 bits per heavy atom. The molecule has 5 heteroatoms. The van der Waals surface area contributed by atoms with Crippen LogP contribution < -0.4 is 3.40 Å². The normalized spacial score (nSPS) is 16.3. The second kappa shape index (κ2) is 8.22. The molecular weight excluding hydrogens is 480 g/mol. The van der Waals surface area contributed by atoms with Crippen LogP contribution in [0.25, 0.3) is 10.9 Å². The van der Waals surface area contributed by atoms with Gasteiger partial charge in [0.25, 0.3) is 0 Å². The van der Waals surface area contributed by atoms with Gasteiger partial charge in [0, 0.05) is 0 Å². The summed E-state index contributed by atoms with van der Waals surface area (Å²) in [5.41, 5.74) is 1.30. The summed E-state index contributed by atoms with van der Waals surface area (Å²) >= 11 is -3.75. The molecule has 28 heavy (non-hydrogen) atoms. The van der Waals surface area contributed by atoms with E-state index in [0.29, 0.717) is 6.25 Å². The van der Waals surface area contributed by atoms with Crippen LogP contribution in [-0.2, 0) is 17.9 Å². The van der Waals surface area contributed by atoms with E-state index in [2.05, 4.69) is 108 Å². The molecule has 0 saturated heterocycles. The van der Waals surface area contributed by atoms with Crippen molar-refractivity contribution in [2.24, 2.45) is 0 Å². The predicted molar refractivity (Wildman–Crippen MR) is 133 cm³/mol. The van der Waals surface area contributed by atoms with Crippen LogP contribution in [0, 0.1) is 0 Å². The second-order valence-corrected chi connectivity index (χ2v) is 45.0. The van der Waals surface area contributed by atoms with Crippen molar-refractivity contribution >= 4 is 45.0 Å². The van der Waals surface area contributed by atoms with Crippen molar-refractivity contribution in [2.75, 3.05) is 0 Å². The van der Waals surface area contributed by atoms with Gasteiger partial charge in [-0.3, -0.25) is 0 Å². The number of hydrogen-bond acceptors (Lipinski definition) is 0. The largest absolute Gasteiger partial charge is 0.147 e. The van der Waals surface area contributed by atoms with E-state index in [1.54, 1.807) is 6.68 Å². The van der Waals surface area contributed by atoms with Gasteiger partial charge in [0.05, 0.1) is 0 Å². The maximum atomic E-state index is 4.01. The number of hydrogen-bond donors (Lipinski definition) is 1. The molecule has 0 fully saturated rings. The maximum Gasteiger partial charge on any atom is -0.147 e. The van der Waals surface area contributed by atoms with E-state index in [1.807, 2.05) is 0 Å². The third-order valence-electron chi connectivity index (χ3n) is 7.80. The Bertz CT molecular complexity index is 850. The number of aromatic nitrogens is 1. The smallest absolute Gasteiger partial charge is 0.147 e. The average molecular weight is 519 g/mol. The first-order valence-electron chi connectivity index (χ1n) is 10.1. The first-order chi connectivity index (χ1) is 12.0. The van der Waals surface area contributed by atoms with Crippen molar-refractivity contribution in [1.82, 2.24) is 4.98 Å². The zero-order valence-corrected chi connectivity index (χ0v) is 24.0. The molecule has 0 bridgehead atoms. The standard InChI is InChI=1S/C8H6N.C5H5.2C4H9.C2H7Si.2ClH.Zr/c1-2-4-8-7(3-1)5-6-9-8;1-2-4-5-3-1;2*1-4(2)3;1-3-2;;;/h1-5,9H;1-3H,4H2;2*1-3H3;3H,1-2H3;2*1H;. The molecule has 157 valence electrons. The molecule has 1 heterocycles. The van der Waals surface area contributed by atoms with Gasteiger partial charge in [0.1, 0.15) is 0 Å². The molecule has 1 aliphatic carbocycles. The topological polar surface area (TPSA) is 15.8 Å². The summed E-state index contributed by atoms with van der Waals surface area (Å²) in [6.45, 7) is 20.6. The number of rotatable bonds is 3. The quantitative estimate of drug-likeness (QED) is 0.403. The second-order valence-electron chi connectivity index (χ2n) is 10.6. The molecule has 0 unspecified atom stereocenters. The van der Waals surface area contributed by atoms with Gasteiger partial charge in [0.15, 0.2) is 0 Å². The van der Waals surface area contributed by atoms with Crippen molar-refractivity contribution in [3.8, 4) is 0 Å². The van der Waals surface area contributed by atoms with Crippen molar-refractivity contribution in [2.45, 2.75) is 67.3 Å². The molecule has 3 rings (SSSR count). The van der Waals surface area contributed by atoms with Crippen LogP contribution in [0.1, 0.15) is 48.0 Å². The van der Waals surface area contributed by atoms with Gasteiger partial charge < -0.3 is 0 Å². The molecule has 0 amide bonds. The minimum absolute atomic E-state index is 0. The summed E-state index contributed by atoms with van der Waals surface area (Å²) in [4.78, 5) is 4.01. The van der Waals surface area contributed by atoms with Crippen molar-refractivity contribution in [1.29, 1.82) is 0 Å². The van der Waals surface area contributed by atoms with E-state index in [0.717, 1.165) is 6.42 Å². The van der Waals surface area contributed by atoms with Crippen molar-refractivity contribution in [3.05, 3.63) is 51.8 Å². The molecule has 0 aliphatic heterocycles. The fraction of sp³-hybridized carbons (Fsp3) is 0.478. The number of halogens is 2. The van der Waals surface area contributed by atoms with E-state index in [1.165, 1.54) is 10.9 Å². The molecule has 0 radical (unpaired) electrons. The SMILES string of the molecule is C[SiH](C)[Zr]([C]1=CC=CC1)([c]1cc2ccccc2[nH]1)([C](C)(C)C)[C](C)(C)C.Cl.Cl. The number of H-pyrrole nitrogens is 1. The van der Waals surface area contributed by atoms with Crippen LogP contribution in [0.2, 0.25) is 19.3 Å². The van der Waals surface area contributed by atoms with Crippen LogP contribution in [0.5, 0.6) is 0 Å². The van der Waals surface area contributed by atoms with Gasteiger partial charge >= 0.3 is 162 Å². The Hall–Kier alpha value is -0.0800. The molecule has 1 aliphatic rings. The Morgan fingerprint density at radius 3 is 1.93 bits per heavy atom. The minimum atomic E-state index is -3.75. The molecule has 1 N–H and O–H groups in total. The van der Waals surface area contributed by atoms with E-state index in [-0.39, 0.29) is 24.8 Å². The molecule has 0 atom stereocenters. The summed E-state index contributed by atoms with van der Waals surface area (Å²) in [7, 11) is 0. The molecule has 1 nitrogen and oxygen atoms in total. The number of allylic oxidation sites excluding steroid dienone is 4. The Labute approximate surface area is 186 Å². The van der Waals surface area contributed by atoms with E-state index in [4.69, 9.17) is 0 Å². The molecule has 0 spiro atoms. The number of benzene rings is 1. The zero-order chi connectivity index (χ0) is 19.4. The summed E-state index contributed by atoms with van der Waals surface area (Å²) in [5, 5.41) is 1.37. The zero-order valence-electron chi connectivity index (χ0n) is 18.7. The van der Waals surface area contributed by atoms with Crippen LogP contribution in [0.4, 0.5) is 0 Å². The van der Waals surface area contributed by atoms with Crippen LogP contribution >= 0.6 is 24.8 Å². The molecule has 0 saturated carbocycles. The third-order valence-corrected chi connectivity index (χ3v) is 64.3. The Morgan fingerprint density at radius 1 is 0.929 bits per heavy atom. The first kappa shape index (κ1) is 26.0.